The molecule has 128 valence electrons. The van der Waals surface area contributed by atoms with Crippen molar-refractivity contribution in [3.05, 3.63) is 36.5 Å². The zero-order valence-corrected chi connectivity index (χ0v) is 14.3. The van der Waals surface area contributed by atoms with Crippen LogP contribution in [0.1, 0.15) is 12.8 Å². The molecule has 0 bridgehead atoms. The lowest BCUT2D eigenvalue weighted by Gasteiger charge is -2.34. The van der Waals surface area contributed by atoms with Gasteiger partial charge in [-0.15, -0.1) is 0 Å². The number of piperazine rings is 1. The molecule has 1 aromatic carbocycles. The van der Waals surface area contributed by atoms with Gasteiger partial charge >= 0.3 is 0 Å². The first-order chi connectivity index (χ1) is 11.6. The normalized spacial score (nSPS) is 19.8. The molecule has 0 unspecified atom stereocenters. The molecule has 24 heavy (non-hydrogen) atoms. The van der Waals surface area contributed by atoms with Gasteiger partial charge in [-0.3, -0.25) is 4.79 Å². The number of aromatic nitrogens is 1. The quantitative estimate of drug-likeness (QED) is 0.837. The summed E-state index contributed by atoms with van der Waals surface area (Å²) in [4.78, 5) is 14.3. The second-order valence-electron chi connectivity index (χ2n) is 6.53. The van der Waals surface area contributed by atoms with Crippen LogP contribution in [0.5, 0.6) is 0 Å². The molecule has 1 amide bonds. The third-order valence-corrected chi connectivity index (χ3v) is 7.28. The summed E-state index contributed by atoms with van der Waals surface area (Å²) in [5, 5.41) is 0.941. The van der Waals surface area contributed by atoms with Crippen LogP contribution in [0.2, 0.25) is 0 Å². The summed E-state index contributed by atoms with van der Waals surface area (Å²) in [7, 11) is -3.13. The number of amides is 1. The van der Waals surface area contributed by atoms with Gasteiger partial charge in [0.1, 0.15) is 6.54 Å². The molecule has 0 spiro atoms. The first kappa shape index (κ1) is 15.7. The lowest BCUT2D eigenvalue weighted by atomic mass is 10.2. The SMILES string of the molecule is O=C(Cn1ccc2ccccc21)N1CCN(S(=O)(=O)C2CC2)CC1. The minimum absolute atomic E-state index is 0.0415. The second-order valence-corrected chi connectivity index (χ2v) is 8.74. The van der Waals surface area contributed by atoms with Crippen molar-refractivity contribution in [3.8, 4) is 0 Å². The Balaban J connectivity index is 1.40. The molecule has 7 heteroatoms. The van der Waals surface area contributed by atoms with E-state index >= 15 is 0 Å². The van der Waals surface area contributed by atoms with Crippen LogP contribution < -0.4 is 0 Å². The van der Waals surface area contributed by atoms with E-state index in [1.54, 1.807) is 9.21 Å². The fourth-order valence-corrected chi connectivity index (χ4v) is 5.12. The van der Waals surface area contributed by atoms with E-state index in [1.807, 2.05) is 41.1 Å². The van der Waals surface area contributed by atoms with Crippen LogP contribution >= 0.6 is 0 Å². The lowest BCUT2D eigenvalue weighted by Crippen LogP contribution is -2.51. The van der Waals surface area contributed by atoms with Crippen molar-refractivity contribution in [2.75, 3.05) is 26.2 Å². The smallest absolute Gasteiger partial charge is 0.242 e. The number of hydrogen-bond acceptors (Lipinski definition) is 3. The maximum atomic E-state index is 12.5. The predicted molar refractivity (Wildman–Crippen MR) is 92.0 cm³/mol. The maximum Gasteiger partial charge on any atom is 0.242 e. The molecule has 0 radical (unpaired) electrons. The summed E-state index contributed by atoms with van der Waals surface area (Å²) in [6, 6.07) is 9.97. The average Bonchev–Trinajstić information content (AvgIpc) is 3.39. The molecule has 2 heterocycles. The van der Waals surface area contributed by atoms with Crippen LogP contribution in [0.3, 0.4) is 0 Å². The number of fused-ring (bicyclic) bond motifs is 1. The number of para-hydroxylation sites is 1. The zero-order chi connectivity index (χ0) is 16.7. The number of hydrogen-bond donors (Lipinski definition) is 0. The molecule has 0 N–H and O–H groups in total. The van der Waals surface area contributed by atoms with Gasteiger partial charge in [-0.2, -0.15) is 4.31 Å². The highest BCUT2D eigenvalue weighted by Gasteiger charge is 2.41. The minimum Gasteiger partial charge on any atom is -0.339 e. The molecule has 2 fully saturated rings. The number of sulfonamides is 1. The van der Waals surface area contributed by atoms with Gasteiger partial charge in [0.25, 0.3) is 0 Å². The molecule has 1 aliphatic carbocycles. The monoisotopic (exact) mass is 347 g/mol. The van der Waals surface area contributed by atoms with Gasteiger partial charge in [-0.25, -0.2) is 8.42 Å². The molecule has 1 aromatic heterocycles. The van der Waals surface area contributed by atoms with E-state index in [-0.39, 0.29) is 11.2 Å². The Morgan fingerprint density at radius 2 is 1.75 bits per heavy atom. The van der Waals surface area contributed by atoms with Gasteiger partial charge in [-0.1, -0.05) is 18.2 Å². The Labute approximate surface area is 141 Å². The summed E-state index contributed by atoms with van der Waals surface area (Å²) in [5.41, 5.74) is 1.04. The van der Waals surface area contributed by atoms with Crippen LogP contribution in [0.15, 0.2) is 36.5 Å². The van der Waals surface area contributed by atoms with Gasteiger partial charge in [0.05, 0.1) is 5.25 Å². The Morgan fingerprint density at radius 1 is 1.04 bits per heavy atom. The summed E-state index contributed by atoms with van der Waals surface area (Å²) >= 11 is 0. The third kappa shape index (κ3) is 2.82. The van der Waals surface area contributed by atoms with Crippen LogP contribution in [0, 0.1) is 0 Å². The first-order valence-electron chi connectivity index (χ1n) is 8.36. The number of carbonyl (C=O) groups excluding carboxylic acids is 1. The van der Waals surface area contributed by atoms with E-state index in [4.69, 9.17) is 0 Å². The zero-order valence-electron chi connectivity index (χ0n) is 13.5. The Hall–Kier alpha value is -1.86. The number of benzene rings is 1. The molecule has 2 aromatic rings. The Bertz CT molecular complexity index is 862. The van der Waals surface area contributed by atoms with E-state index in [1.165, 1.54) is 0 Å². The lowest BCUT2D eigenvalue weighted by molar-refractivity contribution is -0.132. The highest BCUT2D eigenvalue weighted by atomic mass is 32.2. The van der Waals surface area contributed by atoms with Gasteiger partial charge in [0, 0.05) is 37.9 Å². The van der Waals surface area contributed by atoms with E-state index in [0.717, 1.165) is 23.7 Å². The molecule has 1 saturated heterocycles. The van der Waals surface area contributed by atoms with Gasteiger partial charge < -0.3 is 9.47 Å². The van der Waals surface area contributed by atoms with Crippen LogP contribution in [0.25, 0.3) is 10.9 Å². The number of rotatable bonds is 4. The Morgan fingerprint density at radius 3 is 2.46 bits per heavy atom. The van der Waals surface area contributed by atoms with Crippen LogP contribution in [0.4, 0.5) is 0 Å². The van der Waals surface area contributed by atoms with Crippen molar-refractivity contribution in [1.29, 1.82) is 0 Å². The van der Waals surface area contributed by atoms with Gasteiger partial charge in [-0.05, 0) is 30.4 Å². The fourth-order valence-electron chi connectivity index (χ4n) is 3.29. The summed E-state index contributed by atoms with van der Waals surface area (Å²) in [6.45, 7) is 2.07. The summed E-state index contributed by atoms with van der Waals surface area (Å²) in [6.07, 6.45) is 3.49. The average molecular weight is 347 g/mol. The maximum absolute atomic E-state index is 12.5. The number of carbonyl (C=O) groups is 1. The number of nitrogens with zero attached hydrogens (tertiary/aromatic N) is 3. The molecule has 6 nitrogen and oxygen atoms in total. The topological polar surface area (TPSA) is 62.6 Å². The highest BCUT2D eigenvalue weighted by Crippen LogP contribution is 2.31. The predicted octanol–water partition coefficient (Wildman–Crippen LogP) is 1.28. The largest absolute Gasteiger partial charge is 0.339 e. The van der Waals surface area contributed by atoms with E-state index in [0.29, 0.717) is 32.7 Å². The Kier molecular flexibility index (Phi) is 3.85. The highest BCUT2D eigenvalue weighted by molar-refractivity contribution is 7.90. The van der Waals surface area contributed by atoms with Gasteiger partial charge in [0.2, 0.25) is 15.9 Å². The van der Waals surface area contributed by atoms with Gasteiger partial charge in [0.15, 0.2) is 0 Å². The minimum atomic E-state index is -3.13. The first-order valence-corrected chi connectivity index (χ1v) is 9.86. The molecule has 0 atom stereocenters. The molecular weight excluding hydrogens is 326 g/mol. The van der Waals surface area contributed by atoms with E-state index in [9.17, 15) is 13.2 Å². The summed E-state index contributed by atoms with van der Waals surface area (Å²) in [5.74, 6) is 0.0415. The summed E-state index contributed by atoms with van der Waals surface area (Å²) < 4.78 is 28.0. The fraction of sp³-hybridized carbons (Fsp3) is 0.471. The van der Waals surface area contributed by atoms with E-state index < -0.39 is 10.0 Å². The standard InChI is InChI=1S/C17H21N3O3S/c21-17(13-19-8-7-14-3-1-2-4-16(14)19)18-9-11-20(12-10-18)24(22,23)15-5-6-15/h1-4,7-8,15H,5-6,9-13H2. The van der Waals surface area contributed by atoms with Crippen molar-refractivity contribution in [3.63, 3.8) is 0 Å². The van der Waals surface area contributed by atoms with Crippen LogP contribution in [-0.4, -0.2) is 59.5 Å². The van der Waals surface area contributed by atoms with Crippen molar-refractivity contribution >= 4 is 26.8 Å². The van der Waals surface area contributed by atoms with Crippen molar-refractivity contribution < 1.29 is 13.2 Å². The van der Waals surface area contributed by atoms with E-state index in [2.05, 4.69) is 0 Å². The van der Waals surface area contributed by atoms with Crippen molar-refractivity contribution in [2.45, 2.75) is 24.6 Å². The molecular formula is C17H21N3O3S. The van der Waals surface area contributed by atoms with Crippen LogP contribution in [-0.2, 0) is 21.4 Å². The third-order valence-electron chi connectivity index (χ3n) is 4.88. The molecule has 4 rings (SSSR count). The second kappa shape index (κ2) is 5.89. The molecule has 1 saturated carbocycles. The molecule has 2 aliphatic rings. The van der Waals surface area contributed by atoms with Crippen molar-refractivity contribution in [1.82, 2.24) is 13.8 Å². The molecule has 1 aliphatic heterocycles. The van der Waals surface area contributed by atoms with Crippen molar-refractivity contribution in [2.24, 2.45) is 0 Å².